The molecule has 10 rings (SSSR count). The Bertz CT molecular complexity index is 3130. The van der Waals surface area contributed by atoms with Crippen molar-refractivity contribution in [1.29, 1.82) is 0 Å². The maximum atomic E-state index is 16.5. The molecule has 6 aromatic rings. The van der Waals surface area contributed by atoms with E-state index in [1.54, 1.807) is 24.3 Å². The quantitative estimate of drug-likeness (QED) is 0.0802. The zero-order valence-corrected chi connectivity index (χ0v) is 42.5. The Morgan fingerprint density at radius 3 is 0.957 bits per heavy atom. The van der Waals surface area contributed by atoms with Gasteiger partial charge < -0.3 is 18.3 Å². The van der Waals surface area contributed by atoms with E-state index >= 15 is 23.1 Å². The van der Waals surface area contributed by atoms with Gasteiger partial charge in [-0.1, -0.05) is 194 Å². The molecule has 0 spiro atoms. The average Bonchev–Trinajstić information content (AvgIpc) is 3.45. The molecule has 0 aliphatic heterocycles. The van der Waals surface area contributed by atoms with Crippen LogP contribution in [0.3, 0.4) is 0 Å². The van der Waals surface area contributed by atoms with Crippen molar-refractivity contribution < 1.29 is 23.1 Å². The molecule has 6 aromatic carbocycles. The molecule has 2 atom stereocenters. The van der Waals surface area contributed by atoms with E-state index in [-0.39, 0.29) is 11.1 Å². The number of allylic oxidation sites excluding steroid dienone is 16. The van der Waals surface area contributed by atoms with Gasteiger partial charge in [0.15, 0.2) is 34.4 Å². The van der Waals surface area contributed by atoms with Crippen molar-refractivity contribution in [2.45, 2.75) is 51.4 Å². The number of rotatable bonds is 14. The van der Waals surface area contributed by atoms with E-state index in [1.807, 2.05) is 194 Å². The van der Waals surface area contributed by atoms with Crippen LogP contribution < -0.4 is 42.4 Å². The Kier molecular flexibility index (Phi) is 13.8. The van der Waals surface area contributed by atoms with Crippen LogP contribution in [-0.2, 0) is 18.3 Å². The highest BCUT2D eigenvalue weighted by Gasteiger charge is 2.40. The average molecular weight is 991 g/mol. The molecule has 0 heterocycles. The van der Waals surface area contributed by atoms with Crippen LogP contribution in [-0.4, -0.2) is 5.78 Å². The smallest absolute Gasteiger partial charge is 0.193 e. The number of hydrogen-bond acceptors (Lipinski definition) is 5. The molecule has 4 aliphatic rings. The summed E-state index contributed by atoms with van der Waals surface area (Å²) in [7, 11) is -14.8. The lowest BCUT2D eigenvalue weighted by Gasteiger charge is -2.29. The van der Waals surface area contributed by atoms with Crippen LogP contribution >= 0.6 is 28.6 Å². The third-order valence-electron chi connectivity index (χ3n) is 13.7. The zero-order chi connectivity index (χ0) is 48.2. The molecule has 4 aliphatic carbocycles. The maximum absolute atomic E-state index is 16.5. The maximum Gasteiger partial charge on any atom is 0.193 e. The highest BCUT2D eigenvalue weighted by molar-refractivity contribution is 7.86. The van der Waals surface area contributed by atoms with Gasteiger partial charge in [-0.05, 0) is 98.4 Å². The summed E-state index contributed by atoms with van der Waals surface area (Å²) in [5, 5.41) is 6.76. The first-order chi connectivity index (χ1) is 34.1. The summed E-state index contributed by atoms with van der Waals surface area (Å²) in [6.45, 7) is 0. The molecular formula is C61H54O5P4. The van der Waals surface area contributed by atoms with E-state index < -0.39 is 34.4 Å². The molecule has 0 saturated heterocycles. The van der Waals surface area contributed by atoms with Crippen LogP contribution in [0.1, 0.15) is 67.3 Å². The zero-order valence-electron chi connectivity index (χ0n) is 38.9. The SMILES string of the molecule is O=C(c1cc(P(=O)(C2=CCCC=C2)C2=CC=CCC2)cc(P(=O)(c2ccccc2)c2ccccc2)c1)c1cc(P(=O)(C2=CCCC=C2)C2=CC=CCC2)cc(P(=O)(c2ccccc2)c2ccccc2)c1. The molecule has 348 valence electrons. The fraction of sp³-hybridized carbons (Fsp3) is 0.131. The van der Waals surface area contributed by atoms with Gasteiger partial charge in [0.25, 0.3) is 0 Å². The standard InChI is InChI=1S/C61H54O5P4/c62-61(47-41-57(67(63,49-25-9-1-10-26-49)50-27-11-2-12-28-50)45-58(42-47)68(64,51-29-13-3-14-30-51)52-31-15-4-16-32-52)48-43-59(69(65,53-33-17-5-18-34-53)54-35-19-6-20-36-54)46-60(44-48)70(66,55-37-21-7-22-38-55)56-39-23-8-24-40-56/h1-3,5-7,9-13,15,17-21,23,25-29,31-37,39-46H,4,8,14,16,22,24,30,38H2. The lowest BCUT2D eigenvalue weighted by molar-refractivity contribution is 0.103. The van der Waals surface area contributed by atoms with Gasteiger partial charge in [0, 0.05) is 64.2 Å². The van der Waals surface area contributed by atoms with Crippen LogP contribution in [0.25, 0.3) is 0 Å². The van der Waals surface area contributed by atoms with Gasteiger partial charge in [-0.15, -0.1) is 0 Å². The molecule has 70 heavy (non-hydrogen) atoms. The lowest BCUT2D eigenvalue weighted by atomic mass is 10.0. The molecule has 0 aromatic heterocycles. The second-order valence-electron chi connectivity index (χ2n) is 18.1. The van der Waals surface area contributed by atoms with E-state index in [9.17, 15) is 0 Å². The van der Waals surface area contributed by atoms with Crippen LogP contribution in [0, 0.1) is 0 Å². The first-order valence-corrected chi connectivity index (χ1v) is 30.9. The van der Waals surface area contributed by atoms with Crippen molar-refractivity contribution in [3.05, 3.63) is 263 Å². The Balaban J connectivity index is 1.28. The fourth-order valence-electron chi connectivity index (χ4n) is 10.1. The third kappa shape index (κ3) is 8.74. The van der Waals surface area contributed by atoms with Gasteiger partial charge in [0.05, 0.1) is 0 Å². The highest BCUT2D eigenvalue weighted by Crippen LogP contribution is 2.64. The monoisotopic (exact) mass is 990 g/mol. The van der Waals surface area contributed by atoms with E-state index in [0.29, 0.717) is 91.6 Å². The summed E-state index contributed by atoms with van der Waals surface area (Å²) < 4.78 is 65.9. The lowest BCUT2D eigenvalue weighted by Crippen LogP contribution is -2.30. The molecule has 0 radical (unpaired) electrons. The second kappa shape index (κ2) is 20.3. The number of ketones is 1. The van der Waals surface area contributed by atoms with Crippen molar-refractivity contribution in [3.63, 3.8) is 0 Å². The molecule has 2 unspecified atom stereocenters. The molecule has 0 fully saturated rings. The fourth-order valence-corrected chi connectivity index (χ4v) is 21.9. The number of carbonyl (C=O) groups excluding carboxylic acids is 1. The van der Waals surface area contributed by atoms with Gasteiger partial charge in [-0.3, -0.25) is 4.79 Å². The van der Waals surface area contributed by atoms with Crippen LogP contribution in [0.4, 0.5) is 0 Å². The number of carbonyl (C=O) groups is 1. The van der Waals surface area contributed by atoms with E-state index in [4.69, 9.17) is 0 Å². The normalized spacial score (nSPS) is 17.6. The highest BCUT2D eigenvalue weighted by atomic mass is 31.2. The van der Waals surface area contributed by atoms with Crippen LogP contribution in [0.5, 0.6) is 0 Å². The van der Waals surface area contributed by atoms with Gasteiger partial charge >= 0.3 is 0 Å². The van der Waals surface area contributed by atoms with Crippen molar-refractivity contribution in [2.75, 3.05) is 0 Å². The van der Waals surface area contributed by atoms with Gasteiger partial charge in [0.1, 0.15) is 0 Å². The van der Waals surface area contributed by atoms with Crippen molar-refractivity contribution in [3.8, 4) is 0 Å². The summed E-state index contributed by atoms with van der Waals surface area (Å²) in [4.78, 5) is 16.1. The van der Waals surface area contributed by atoms with Crippen molar-refractivity contribution >= 4 is 76.8 Å². The van der Waals surface area contributed by atoms with Crippen LogP contribution in [0.2, 0.25) is 0 Å². The van der Waals surface area contributed by atoms with Crippen molar-refractivity contribution in [2.24, 2.45) is 0 Å². The molecular weight excluding hydrogens is 937 g/mol. The summed E-state index contributed by atoms with van der Waals surface area (Å²) in [6.07, 6.45) is 29.6. The molecule has 0 bridgehead atoms. The summed E-state index contributed by atoms with van der Waals surface area (Å²) >= 11 is 0. The Hall–Kier alpha value is -6.17. The minimum atomic E-state index is -3.76. The summed E-state index contributed by atoms with van der Waals surface area (Å²) in [6, 6.07) is 47.8. The first-order valence-electron chi connectivity index (χ1n) is 24.1. The molecule has 9 heteroatoms. The Morgan fingerprint density at radius 1 is 0.343 bits per heavy atom. The molecule has 0 N–H and O–H groups in total. The molecule has 0 saturated carbocycles. The third-order valence-corrected chi connectivity index (χ3v) is 26.3. The van der Waals surface area contributed by atoms with E-state index in [0.717, 1.165) is 23.5 Å². The summed E-state index contributed by atoms with van der Waals surface area (Å²) in [5.41, 5.74) is 0.354. The van der Waals surface area contributed by atoms with Crippen LogP contribution in [0.15, 0.2) is 252 Å². The van der Waals surface area contributed by atoms with Gasteiger partial charge in [0.2, 0.25) is 0 Å². The number of hydrogen-bond donors (Lipinski definition) is 0. The minimum Gasteiger partial charge on any atom is -0.309 e. The minimum absolute atomic E-state index is 0.177. The topological polar surface area (TPSA) is 85.3 Å². The van der Waals surface area contributed by atoms with Crippen molar-refractivity contribution in [1.82, 2.24) is 0 Å². The van der Waals surface area contributed by atoms with E-state index in [1.165, 1.54) is 0 Å². The molecule has 5 nitrogen and oxygen atoms in total. The predicted octanol–water partition coefficient (Wildman–Crippen LogP) is 13.1. The Morgan fingerprint density at radius 2 is 0.671 bits per heavy atom. The second-order valence-corrected chi connectivity index (χ2v) is 29.2. The summed E-state index contributed by atoms with van der Waals surface area (Å²) in [5.74, 6) is -0.457. The Labute approximate surface area is 412 Å². The van der Waals surface area contributed by atoms with E-state index in [2.05, 4.69) is 12.2 Å². The van der Waals surface area contributed by atoms with Gasteiger partial charge in [-0.2, -0.15) is 0 Å². The largest absolute Gasteiger partial charge is 0.309 e. The predicted molar refractivity (Wildman–Crippen MR) is 295 cm³/mol. The first kappa shape index (κ1) is 47.5. The number of benzene rings is 6. The van der Waals surface area contributed by atoms with Gasteiger partial charge in [-0.25, -0.2) is 0 Å². The molecule has 0 amide bonds.